The molecule has 0 saturated heterocycles. The number of carbonyl (C=O) groups is 2. The van der Waals surface area contributed by atoms with Crippen molar-refractivity contribution >= 4 is 46.6 Å². The average Bonchev–Trinajstić information content (AvgIpc) is 2.67. The summed E-state index contributed by atoms with van der Waals surface area (Å²) in [6.45, 7) is 1.90. The van der Waals surface area contributed by atoms with Gasteiger partial charge in [0.25, 0.3) is 5.91 Å². The van der Waals surface area contributed by atoms with Crippen LogP contribution in [0.1, 0.15) is 21.5 Å². The van der Waals surface area contributed by atoms with Gasteiger partial charge in [-0.2, -0.15) is 0 Å². The van der Waals surface area contributed by atoms with E-state index in [0.29, 0.717) is 22.0 Å². The Balaban J connectivity index is 2.05. The van der Waals surface area contributed by atoms with Crippen molar-refractivity contribution in [2.24, 2.45) is 0 Å². The molecule has 0 bridgehead atoms. The standard InChI is InChI=1S/C18H15ClN2O3/c1-10-7-15-16(8-11(10)3-6-17(22)24-2)20-14-9-12(19)4-5-13(14)18(23)21-15/h3-9,20H,1-2H3,(H,21,23). The van der Waals surface area contributed by atoms with E-state index < -0.39 is 5.97 Å². The first-order valence-electron chi connectivity index (χ1n) is 7.26. The van der Waals surface area contributed by atoms with Crippen molar-refractivity contribution in [3.63, 3.8) is 0 Å². The highest BCUT2D eigenvalue weighted by Crippen LogP contribution is 2.35. The number of anilines is 3. The third-order valence-corrected chi connectivity index (χ3v) is 3.99. The third kappa shape index (κ3) is 3.12. The predicted octanol–water partition coefficient (Wildman–Crippen LogP) is 4.14. The van der Waals surface area contributed by atoms with Gasteiger partial charge >= 0.3 is 5.97 Å². The molecule has 122 valence electrons. The number of nitrogens with one attached hydrogen (secondary N) is 2. The molecule has 0 saturated carbocycles. The van der Waals surface area contributed by atoms with Crippen molar-refractivity contribution in [3.8, 4) is 0 Å². The van der Waals surface area contributed by atoms with Crippen LogP contribution >= 0.6 is 11.6 Å². The summed E-state index contributed by atoms with van der Waals surface area (Å²) in [4.78, 5) is 23.6. The Kier molecular flexibility index (Phi) is 4.27. The molecule has 2 aromatic rings. The summed E-state index contributed by atoms with van der Waals surface area (Å²) < 4.78 is 4.61. The maximum atomic E-state index is 12.4. The number of ether oxygens (including phenoxy) is 1. The quantitative estimate of drug-likeness (QED) is 0.635. The second-order valence-corrected chi connectivity index (χ2v) is 5.82. The number of carbonyl (C=O) groups excluding carboxylic acids is 2. The molecule has 2 N–H and O–H groups in total. The van der Waals surface area contributed by atoms with Gasteiger partial charge in [0.15, 0.2) is 0 Å². The molecule has 0 atom stereocenters. The topological polar surface area (TPSA) is 67.4 Å². The van der Waals surface area contributed by atoms with E-state index in [1.807, 2.05) is 19.1 Å². The van der Waals surface area contributed by atoms with Crippen LogP contribution in [0.25, 0.3) is 6.08 Å². The summed E-state index contributed by atoms with van der Waals surface area (Å²) in [5.74, 6) is -0.632. The lowest BCUT2D eigenvalue weighted by molar-refractivity contribution is -0.134. The molecule has 0 unspecified atom stereocenters. The Morgan fingerprint density at radius 1 is 1.12 bits per heavy atom. The minimum absolute atomic E-state index is 0.204. The Bertz CT molecular complexity index is 875. The number of amides is 1. The molecule has 24 heavy (non-hydrogen) atoms. The van der Waals surface area contributed by atoms with Gasteiger partial charge in [-0.1, -0.05) is 11.6 Å². The summed E-state index contributed by atoms with van der Waals surface area (Å²) in [6, 6.07) is 8.77. The van der Waals surface area contributed by atoms with Crippen molar-refractivity contribution in [1.29, 1.82) is 0 Å². The van der Waals surface area contributed by atoms with E-state index in [1.54, 1.807) is 24.3 Å². The molecule has 6 heteroatoms. The summed E-state index contributed by atoms with van der Waals surface area (Å²) in [5, 5.41) is 6.64. The molecule has 0 aromatic heterocycles. The molecule has 1 amide bonds. The number of benzene rings is 2. The number of hydrogen-bond donors (Lipinski definition) is 2. The molecular weight excluding hydrogens is 328 g/mol. The van der Waals surface area contributed by atoms with Crippen LogP contribution in [0.3, 0.4) is 0 Å². The first kappa shape index (κ1) is 16.1. The third-order valence-electron chi connectivity index (χ3n) is 3.75. The van der Waals surface area contributed by atoms with Gasteiger partial charge < -0.3 is 15.4 Å². The second-order valence-electron chi connectivity index (χ2n) is 5.38. The van der Waals surface area contributed by atoms with E-state index in [1.165, 1.54) is 13.2 Å². The Morgan fingerprint density at radius 3 is 2.62 bits per heavy atom. The number of fused-ring (bicyclic) bond motifs is 2. The van der Waals surface area contributed by atoms with Crippen LogP contribution < -0.4 is 10.6 Å². The second kappa shape index (κ2) is 6.37. The van der Waals surface area contributed by atoms with Crippen molar-refractivity contribution in [2.45, 2.75) is 6.92 Å². The Hall–Kier alpha value is -2.79. The number of hydrogen-bond acceptors (Lipinski definition) is 4. The largest absolute Gasteiger partial charge is 0.466 e. The highest BCUT2D eigenvalue weighted by atomic mass is 35.5. The molecule has 0 aliphatic carbocycles. The van der Waals surface area contributed by atoms with Gasteiger partial charge in [-0.15, -0.1) is 0 Å². The van der Waals surface area contributed by atoms with Gasteiger partial charge in [0, 0.05) is 11.1 Å². The molecule has 1 heterocycles. The van der Waals surface area contributed by atoms with Crippen molar-refractivity contribution in [3.05, 3.63) is 58.1 Å². The fraction of sp³-hybridized carbons (Fsp3) is 0.111. The van der Waals surface area contributed by atoms with Gasteiger partial charge in [-0.25, -0.2) is 4.79 Å². The molecule has 0 fully saturated rings. The molecule has 1 aliphatic heterocycles. The van der Waals surface area contributed by atoms with Crippen LogP contribution in [-0.2, 0) is 9.53 Å². The monoisotopic (exact) mass is 342 g/mol. The summed E-state index contributed by atoms with van der Waals surface area (Å²) >= 11 is 6.03. The summed E-state index contributed by atoms with van der Waals surface area (Å²) in [7, 11) is 1.33. The van der Waals surface area contributed by atoms with Crippen molar-refractivity contribution in [2.75, 3.05) is 17.7 Å². The minimum atomic E-state index is -0.428. The normalized spacial score (nSPS) is 12.7. The first-order chi connectivity index (χ1) is 11.5. The Labute approximate surface area is 144 Å². The lowest BCUT2D eigenvalue weighted by Crippen LogP contribution is -2.10. The smallest absolute Gasteiger partial charge is 0.330 e. The SMILES string of the molecule is COC(=O)C=Cc1cc2c(cc1C)NC(=O)c1ccc(Cl)cc1N2. The molecule has 5 nitrogen and oxygen atoms in total. The fourth-order valence-corrected chi connectivity index (χ4v) is 2.66. The molecule has 0 spiro atoms. The van der Waals surface area contributed by atoms with Gasteiger partial charge in [-0.3, -0.25) is 4.79 Å². The highest BCUT2D eigenvalue weighted by molar-refractivity contribution is 6.31. The lowest BCUT2D eigenvalue weighted by atomic mass is 10.1. The van der Waals surface area contributed by atoms with E-state index in [2.05, 4.69) is 15.4 Å². The molecule has 3 rings (SSSR count). The number of aryl methyl sites for hydroxylation is 1. The van der Waals surface area contributed by atoms with Crippen LogP contribution in [-0.4, -0.2) is 19.0 Å². The van der Waals surface area contributed by atoms with E-state index in [-0.39, 0.29) is 5.91 Å². The van der Waals surface area contributed by atoms with E-state index in [9.17, 15) is 9.59 Å². The van der Waals surface area contributed by atoms with Crippen LogP contribution in [0.4, 0.5) is 17.1 Å². The summed E-state index contributed by atoms with van der Waals surface area (Å²) in [6.07, 6.45) is 3.03. The average molecular weight is 343 g/mol. The van der Waals surface area contributed by atoms with Gasteiger partial charge in [0.05, 0.1) is 29.7 Å². The van der Waals surface area contributed by atoms with Crippen LogP contribution in [0.5, 0.6) is 0 Å². The minimum Gasteiger partial charge on any atom is -0.466 e. The zero-order valence-corrected chi connectivity index (χ0v) is 13.9. The number of halogens is 1. The zero-order valence-electron chi connectivity index (χ0n) is 13.1. The number of methoxy groups -OCH3 is 1. The number of rotatable bonds is 2. The summed E-state index contributed by atoms with van der Waals surface area (Å²) in [5.41, 5.74) is 4.29. The van der Waals surface area contributed by atoms with Crippen molar-refractivity contribution in [1.82, 2.24) is 0 Å². The maximum Gasteiger partial charge on any atom is 0.330 e. The van der Waals surface area contributed by atoms with Crippen molar-refractivity contribution < 1.29 is 14.3 Å². The first-order valence-corrected chi connectivity index (χ1v) is 7.64. The van der Waals surface area contributed by atoms with Gasteiger partial charge in [0.2, 0.25) is 0 Å². The van der Waals surface area contributed by atoms with Crippen LogP contribution in [0, 0.1) is 6.92 Å². The molecule has 1 aliphatic rings. The highest BCUT2D eigenvalue weighted by Gasteiger charge is 2.20. The van der Waals surface area contributed by atoms with E-state index >= 15 is 0 Å². The van der Waals surface area contributed by atoms with E-state index in [4.69, 9.17) is 11.6 Å². The predicted molar refractivity (Wildman–Crippen MR) is 94.9 cm³/mol. The fourth-order valence-electron chi connectivity index (χ4n) is 2.49. The number of esters is 1. The molecular formula is C18H15ClN2O3. The molecule has 2 aromatic carbocycles. The van der Waals surface area contributed by atoms with Gasteiger partial charge in [0.1, 0.15) is 0 Å². The zero-order chi connectivity index (χ0) is 17.3. The van der Waals surface area contributed by atoms with Crippen LogP contribution in [0.15, 0.2) is 36.4 Å². The van der Waals surface area contributed by atoms with Crippen LogP contribution in [0.2, 0.25) is 5.02 Å². The maximum absolute atomic E-state index is 12.4. The van der Waals surface area contributed by atoms with E-state index in [0.717, 1.165) is 16.8 Å². The molecule has 0 radical (unpaired) electrons. The Morgan fingerprint density at radius 2 is 1.88 bits per heavy atom. The lowest BCUT2D eigenvalue weighted by Gasteiger charge is -2.12. The van der Waals surface area contributed by atoms with Gasteiger partial charge in [-0.05, 0) is 54.5 Å².